The number of carbonyl (C=O) groups excluding carboxylic acids is 1. The zero-order chi connectivity index (χ0) is 14.1. The summed E-state index contributed by atoms with van der Waals surface area (Å²) in [6.07, 6.45) is 1.32. The number of hydrogen-bond acceptors (Lipinski definition) is 3. The smallest absolute Gasteiger partial charge is 0.268 e. The first kappa shape index (κ1) is 14.7. The van der Waals surface area contributed by atoms with Gasteiger partial charge in [0.05, 0.1) is 0 Å². The van der Waals surface area contributed by atoms with E-state index >= 15 is 0 Å². The lowest BCUT2D eigenvalue weighted by Gasteiger charge is -2.17. The lowest BCUT2D eigenvalue weighted by atomic mass is 10.1. The maximum Gasteiger partial charge on any atom is 0.268 e. The average Bonchev–Trinajstić information content (AvgIpc) is 2.59. The van der Waals surface area contributed by atoms with Crippen LogP contribution in [0.2, 0.25) is 0 Å². The fourth-order valence-electron chi connectivity index (χ4n) is 1.36. The molecule has 0 bridgehead atoms. The Morgan fingerprint density at radius 3 is 2.33 bits per heavy atom. The Morgan fingerprint density at radius 1 is 1.39 bits per heavy atom. The molecule has 0 fully saturated rings. The first-order valence-electron chi connectivity index (χ1n) is 5.63. The maximum atomic E-state index is 12.0. The van der Waals surface area contributed by atoms with Crippen LogP contribution < -0.4 is 10.5 Å². The predicted molar refractivity (Wildman–Crippen MR) is 68.6 cm³/mol. The van der Waals surface area contributed by atoms with Crippen LogP contribution in [0.3, 0.4) is 0 Å². The Kier molecular flexibility index (Phi) is 4.18. The van der Waals surface area contributed by atoms with Gasteiger partial charge >= 0.3 is 0 Å². The summed E-state index contributed by atoms with van der Waals surface area (Å²) in [7, 11) is -2.18. The quantitative estimate of drug-likeness (QED) is 0.833. The second-order valence-corrected chi connectivity index (χ2v) is 6.28. The van der Waals surface area contributed by atoms with E-state index in [1.165, 1.54) is 16.8 Å². The van der Waals surface area contributed by atoms with Gasteiger partial charge in [-0.1, -0.05) is 13.8 Å². The van der Waals surface area contributed by atoms with Gasteiger partial charge in [0.25, 0.3) is 5.91 Å². The van der Waals surface area contributed by atoms with Crippen molar-refractivity contribution in [1.82, 2.24) is 9.88 Å². The normalized spacial score (nSPS) is 13.7. The number of sulfonamides is 1. The fourth-order valence-corrected chi connectivity index (χ4v) is 1.94. The van der Waals surface area contributed by atoms with Gasteiger partial charge < -0.3 is 9.88 Å². The van der Waals surface area contributed by atoms with E-state index in [4.69, 9.17) is 5.14 Å². The number of hydrogen-bond donors (Lipinski definition) is 2. The standard InChI is InChI=1S/C11H19N3O3S/c1-7(2)8(3)13-11(15)10-5-9(6-14(10)4)18(12,16)17/h5-8H,1-4H3,(H,13,15)(H2,12,16,17). The molecular formula is C11H19N3O3S. The van der Waals surface area contributed by atoms with Crippen molar-refractivity contribution in [2.24, 2.45) is 18.1 Å². The van der Waals surface area contributed by atoms with Crippen LogP contribution in [0, 0.1) is 5.92 Å². The van der Waals surface area contributed by atoms with Gasteiger partial charge in [0.15, 0.2) is 0 Å². The van der Waals surface area contributed by atoms with Crippen molar-refractivity contribution in [2.45, 2.75) is 31.7 Å². The molecule has 1 aromatic heterocycles. The fraction of sp³-hybridized carbons (Fsp3) is 0.545. The first-order chi connectivity index (χ1) is 8.12. The van der Waals surface area contributed by atoms with Crippen LogP contribution in [0.4, 0.5) is 0 Å². The van der Waals surface area contributed by atoms with Crippen LogP contribution in [-0.4, -0.2) is 24.9 Å². The van der Waals surface area contributed by atoms with Crippen LogP contribution in [0.15, 0.2) is 17.2 Å². The Hall–Kier alpha value is -1.34. The second kappa shape index (κ2) is 5.11. The minimum Gasteiger partial charge on any atom is -0.348 e. The number of aryl methyl sites for hydroxylation is 1. The Morgan fingerprint density at radius 2 is 1.94 bits per heavy atom. The van der Waals surface area contributed by atoms with Crippen LogP contribution in [0.25, 0.3) is 0 Å². The molecular weight excluding hydrogens is 254 g/mol. The van der Waals surface area contributed by atoms with E-state index in [1.807, 2.05) is 20.8 Å². The van der Waals surface area contributed by atoms with E-state index in [2.05, 4.69) is 5.32 Å². The highest BCUT2D eigenvalue weighted by Crippen LogP contribution is 2.12. The molecule has 0 saturated heterocycles. The minimum atomic E-state index is -3.78. The molecule has 0 aromatic carbocycles. The highest BCUT2D eigenvalue weighted by atomic mass is 32.2. The zero-order valence-corrected chi connectivity index (χ0v) is 11.8. The van der Waals surface area contributed by atoms with Gasteiger partial charge in [0, 0.05) is 19.3 Å². The maximum absolute atomic E-state index is 12.0. The number of nitrogens with one attached hydrogen (secondary N) is 1. The third-order valence-electron chi connectivity index (χ3n) is 2.90. The van der Waals surface area contributed by atoms with Crippen molar-refractivity contribution in [1.29, 1.82) is 0 Å². The monoisotopic (exact) mass is 273 g/mol. The van der Waals surface area contributed by atoms with Crippen LogP contribution in [0.5, 0.6) is 0 Å². The molecule has 1 heterocycles. The molecule has 0 radical (unpaired) electrons. The summed E-state index contributed by atoms with van der Waals surface area (Å²) in [5, 5.41) is 7.82. The molecule has 7 heteroatoms. The highest BCUT2D eigenvalue weighted by molar-refractivity contribution is 7.89. The number of primary sulfonamides is 1. The molecule has 18 heavy (non-hydrogen) atoms. The third kappa shape index (κ3) is 3.33. The molecule has 102 valence electrons. The Balaban J connectivity index is 2.98. The van der Waals surface area contributed by atoms with E-state index < -0.39 is 10.0 Å². The van der Waals surface area contributed by atoms with Gasteiger partial charge in [-0.3, -0.25) is 4.79 Å². The third-order valence-corrected chi connectivity index (χ3v) is 3.78. The van der Waals surface area contributed by atoms with Gasteiger partial charge in [0.1, 0.15) is 10.6 Å². The van der Waals surface area contributed by atoms with E-state index in [0.717, 1.165) is 0 Å². The molecule has 0 aliphatic heterocycles. The average molecular weight is 273 g/mol. The number of nitrogens with two attached hydrogens (primary N) is 1. The molecule has 1 unspecified atom stereocenters. The van der Waals surface area contributed by atoms with E-state index in [1.54, 1.807) is 7.05 Å². The summed E-state index contributed by atoms with van der Waals surface area (Å²) >= 11 is 0. The molecule has 0 spiro atoms. The van der Waals surface area contributed by atoms with Crippen molar-refractivity contribution in [3.05, 3.63) is 18.0 Å². The number of rotatable bonds is 4. The van der Waals surface area contributed by atoms with Crippen molar-refractivity contribution >= 4 is 15.9 Å². The largest absolute Gasteiger partial charge is 0.348 e. The molecule has 3 N–H and O–H groups in total. The number of nitrogens with zero attached hydrogens (tertiary/aromatic N) is 1. The lowest BCUT2D eigenvalue weighted by molar-refractivity contribution is 0.0922. The molecule has 0 saturated carbocycles. The van der Waals surface area contributed by atoms with Gasteiger partial charge in [-0.05, 0) is 18.9 Å². The topological polar surface area (TPSA) is 94.2 Å². The van der Waals surface area contributed by atoms with Crippen LogP contribution in [0.1, 0.15) is 31.3 Å². The molecule has 6 nitrogen and oxygen atoms in total. The lowest BCUT2D eigenvalue weighted by Crippen LogP contribution is -2.36. The van der Waals surface area contributed by atoms with E-state index in [0.29, 0.717) is 5.92 Å². The van der Waals surface area contributed by atoms with Crippen LogP contribution >= 0.6 is 0 Å². The van der Waals surface area contributed by atoms with Gasteiger partial charge in [-0.2, -0.15) is 0 Å². The van der Waals surface area contributed by atoms with E-state index in [9.17, 15) is 13.2 Å². The summed E-state index contributed by atoms with van der Waals surface area (Å²) in [6.45, 7) is 5.88. The van der Waals surface area contributed by atoms with Crippen LogP contribution in [-0.2, 0) is 17.1 Å². The molecule has 0 aliphatic carbocycles. The summed E-state index contributed by atoms with van der Waals surface area (Å²) in [6, 6.07) is 1.28. The van der Waals surface area contributed by atoms with Crippen molar-refractivity contribution in [3.8, 4) is 0 Å². The van der Waals surface area contributed by atoms with Crippen molar-refractivity contribution < 1.29 is 13.2 Å². The van der Waals surface area contributed by atoms with Gasteiger partial charge in [0.2, 0.25) is 10.0 Å². The summed E-state index contributed by atoms with van der Waals surface area (Å²) in [4.78, 5) is 11.9. The highest BCUT2D eigenvalue weighted by Gasteiger charge is 2.19. The zero-order valence-electron chi connectivity index (χ0n) is 11.0. The van der Waals surface area contributed by atoms with Gasteiger partial charge in [-0.15, -0.1) is 0 Å². The number of amides is 1. The molecule has 1 amide bonds. The van der Waals surface area contributed by atoms with E-state index in [-0.39, 0.29) is 22.5 Å². The summed E-state index contributed by atoms with van der Waals surface area (Å²) in [5.74, 6) is -0.0134. The second-order valence-electron chi connectivity index (χ2n) is 4.72. The Labute approximate surface area is 107 Å². The molecule has 0 aliphatic rings. The van der Waals surface area contributed by atoms with Gasteiger partial charge in [-0.25, -0.2) is 13.6 Å². The van der Waals surface area contributed by atoms with Crippen molar-refractivity contribution in [2.75, 3.05) is 0 Å². The molecule has 1 atom stereocenters. The predicted octanol–water partition coefficient (Wildman–Crippen LogP) is 0.447. The van der Waals surface area contributed by atoms with Crippen molar-refractivity contribution in [3.63, 3.8) is 0 Å². The minimum absolute atomic E-state index is 0.00494. The Bertz CT molecular complexity index is 546. The summed E-state index contributed by atoms with van der Waals surface area (Å²) in [5.41, 5.74) is 0.270. The molecule has 1 rings (SSSR count). The SMILES string of the molecule is CC(C)C(C)NC(=O)c1cc(S(N)(=O)=O)cn1C. The molecule has 1 aromatic rings. The summed E-state index contributed by atoms with van der Waals surface area (Å²) < 4.78 is 23.8. The number of carbonyl (C=O) groups is 1. The first-order valence-corrected chi connectivity index (χ1v) is 7.17. The number of aromatic nitrogens is 1.